The second-order valence-corrected chi connectivity index (χ2v) is 5.68. The van der Waals surface area contributed by atoms with Crippen molar-refractivity contribution in [3.8, 4) is 0 Å². The van der Waals surface area contributed by atoms with E-state index in [1.54, 1.807) is 0 Å². The van der Waals surface area contributed by atoms with E-state index in [9.17, 15) is 0 Å². The van der Waals surface area contributed by atoms with Crippen molar-refractivity contribution < 1.29 is 0 Å². The molecule has 2 unspecified atom stereocenters. The second-order valence-electron chi connectivity index (χ2n) is 5.68. The molecule has 0 aromatic rings. The smallest absolute Gasteiger partial charge is 0.0275 e. The highest BCUT2D eigenvalue weighted by molar-refractivity contribution is 4.90. The Morgan fingerprint density at radius 3 is 1.47 bits per heavy atom. The van der Waals surface area contributed by atoms with Gasteiger partial charge >= 0.3 is 0 Å². The monoisotopic (exact) mass is 212 g/mol. The lowest BCUT2D eigenvalue weighted by atomic mass is 9.58. The lowest BCUT2D eigenvalue weighted by molar-refractivity contribution is 0.0372. The van der Waals surface area contributed by atoms with Gasteiger partial charge in [-0.2, -0.15) is 0 Å². The molecule has 0 saturated heterocycles. The van der Waals surface area contributed by atoms with Crippen molar-refractivity contribution in [2.24, 2.45) is 10.8 Å². The molecule has 0 heteroatoms. The Kier molecular flexibility index (Phi) is 6.55. The summed E-state index contributed by atoms with van der Waals surface area (Å²) >= 11 is 0. The lowest BCUT2D eigenvalue weighted by Gasteiger charge is -2.47. The summed E-state index contributed by atoms with van der Waals surface area (Å²) in [4.78, 5) is 0. The minimum absolute atomic E-state index is 0.547. The molecule has 0 bridgehead atoms. The van der Waals surface area contributed by atoms with Crippen LogP contribution in [0.25, 0.3) is 0 Å². The maximum atomic E-state index is 2.52. The van der Waals surface area contributed by atoms with Crippen molar-refractivity contribution in [3.63, 3.8) is 0 Å². The molecule has 2 atom stereocenters. The van der Waals surface area contributed by atoms with Crippen LogP contribution in [-0.4, -0.2) is 0 Å². The summed E-state index contributed by atoms with van der Waals surface area (Å²) < 4.78 is 0. The van der Waals surface area contributed by atoms with E-state index < -0.39 is 0 Å². The van der Waals surface area contributed by atoms with Crippen molar-refractivity contribution in [1.29, 1.82) is 0 Å². The molecule has 0 rings (SSSR count). The van der Waals surface area contributed by atoms with Crippen LogP contribution in [0.1, 0.15) is 86.5 Å². The average molecular weight is 212 g/mol. The number of hydrogen-bond acceptors (Lipinski definition) is 0. The van der Waals surface area contributed by atoms with Crippen LogP contribution in [0, 0.1) is 10.8 Å². The largest absolute Gasteiger partial charge is 0.0654 e. The van der Waals surface area contributed by atoms with Gasteiger partial charge in [0, 0.05) is 0 Å². The van der Waals surface area contributed by atoms with E-state index in [-0.39, 0.29) is 0 Å². The first-order valence-corrected chi connectivity index (χ1v) is 6.99. The van der Waals surface area contributed by atoms with Crippen molar-refractivity contribution in [2.45, 2.75) is 86.5 Å². The summed E-state index contributed by atoms with van der Waals surface area (Å²) in [5.41, 5.74) is 1.10. The fourth-order valence-corrected chi connectivity index (χ4v) is 2.93. The SMILES string of the molecule is CCCCC(C)(CC)C(C)(CC)CCC. The quantitative estimate of drug-likeness (QED) is 0.476. The van der Waals surface area contributed by atoms with Crippen LogP contribution < -0.4 is 0 Å². The summed E-state index contributed by atoms with van der Waals surface area (Å²) in [5, 5.41) is 0. The summed E-state index contributed by atoms with van der Waals surface area (Å²) in [6, 6.07) is 0. The molecule has 92 valence electrons. The molecule has 0 radical (unpaired) electrons. The maximum Gasteiger partial charge on any atom is -0.0275 e. The van der Waals surface area contributed by atoms with Crippen LogP contribution in [0.2, 0.25) is 0 Å². The van der Waals surface area contributed by atoms with E-state index in [2.05, 4.69) is 41.5 Å². The summed E-state index contributed by atoms with van der Waals surface area (Å²) in [6.07, 6.45) is 9.51. The number of unbranched alkanes of at least 4 members (excludes halogenated alkanes) is 1. The molecule has 0 aliphatic heterocycles. The summed E-state index contributed by atoms with van der Waals surface area (Å²) in [7, 11) is 0. The van der Waals surface area contributed by atoms with E-state index in [1.165, 1.54) is 44.9 Å². The average Bonchev–Trinajstić information content (AvgIpc) is 2.25. The first kappa shape index (κ1) is 15.0. The molecule has 0 fully saturated rings. The predicted molar refractivity (Wildman–Crippen MR) is 71.2 cm³/mol. The van der Waals surface area contributed by atoms with Crippen LogP contribution in [0.4, 0.5) is 0 Å². The molecule has 0 nitrogen and oxygen atoms in total. The first-order valence-electron chi connectivity index (χ1n) is 6.99. The molecule has 0 saturated carbocycles. The number of hydrogen-bond donors (Lipinski definition) is 0. The minimum atomic E-state index is 0.547. The molecule has 0 spiro atoms. The minimum Gasteiger partial charge on any atom is -0.0654 e. The Morgan fingerprint density at radius 2 is 1.13 bits per heavy atom. The molecule has 0 amide bonds. The van der Waals surface area contributed by atoms with Gasteiger partial charge in [0.25, 0.3) is 0 Å². The zero-order chi connectivity index (χ0) is 11.9. The van der Waals surface area contributed by atoms with E-state index in [1.807, 2.05) is 0 Å². The molecular formula is C15H32. The fourth-order valence-electron chi connectivity index (χ4n) is 2.93. The van der Waals surface area contributed by atoms with Crippen LogP contribution >= 0.6 is 0 Å². The van der Waals surface area contributed by atoms with Gasteiger partial charge in [-0.1, -0.05) is 73.6 Å². The van der Waals surface area contributed by atoms with Crippen molar-refractivity contribution in [2.75, 3.05) is 0 Å². The highest BCUT2D eigenvalue weighted by atomic mass is 14.4. The predicted octanol–water partition coefficient (Wildman–Crippen LogP) is 5.81. The van der Waals surface area contributed by atoms with Crippen LogP contribution in [0.5, 0.6) is 0 Å². The topological polar surface area (TPSA) is 0 Å². The van der Waals surface area contributed by atoms with Crippen molar-refractivity contribution >= 4 is 0 Å². The highest BCUT2D eigenvalue weighted by Gasteiger charge is 2.40. The molecule has 0 aliphatic rings. The number of rotatable bonds is 8. The molecule has 0 aromatic carbocycles. The zero-order valence-corrected chi connectivity index (χ0v) is 11.9. The zero-order valence-electron chi connectivity index (χ0n) is 11.9. The molecular weight excluding hydrogens is 180 g/mol. The Hall–Kier alpha value is 0. The third-order valence-corrected chi connectivity index (χ3v) is 4.90. The molecule has 15 heavy (non-hydrogen) atoms. The normalized spacial score (nSPS) is 19.6. The summed E-state index contributed by atoms with van der Waals surface area (Å²) in [6.45, 7) is 14.4. The fraction of sp³-hybridized carbons (Fsp3) is 1.00. The van der Waals surface area contributed by atoms with Gasteiger partial charge in [0.2, 0.25) is 0 Å². The third-order valence-electron chi connectivity index (χ3n) is 4.90. The van der Waals surface area contributed by atoms with E-state index in [0.29, 0.717) is 10.8 Å². The Morgan fingerprint density at radius 1 is 0.667 bits per heavy atom. The lowest BCUT2D eigenvalue weighted by Crippen LogP contribution is -2.36. The van der Waals surface area contributed by atoms with Crippen LogP contribution in [0.15, 0.2) is 0 Å². The molecule has 0 heterocycles. The maximum absolute atomic E-state index is 2.52. The van der Waals surface area contributed by atoms with Crippen molar-refractivity contribution in [3.05, 3.63) is 0 Å². The van der Waals surface area contributed by atoms with Gasteiger partial charge in [-0.05, 0) is 23.7 Å². The Balaban J connectivity index is 4.69. The highest BCUT2D eigenvalue weighted by Crippen LogP contribution is 2.50. The molecule has 0 aliphatic carbocycles. The molecule has 0 aromatic heterocycles. The van der Waals surface area contributed by atoms with Crippen molar-refractivity contribution in [1.82, 2.24) is 0 Å². The van der Waals surface area contributed by atoms with Gasteiger partial charge in [0.1, 0.15) is 0 Å². The van der Waals surface area contributed by atoms with Crippen LogP contribution in [0.3, 0.4) is 0 Å². The van der Waals surface area contributed by atoms with E-state index in [4.69, 9.17) is 0 Å². The summed E-state index contributed by atoms with van der Waals surface area (Å²) in [5.74, 6) is 0. The van der Waals surface area contributed by atoms with Crippen LogP contribution in [-0.2, 0) is 0 Å². The Labute approximate surface area is 97.8 Å². The third kappa shape index (κ3) is 3.50. The van der Waals surface area contributed by atoms with E-state index >= 15 is 0 Å². The first-order chi connectivity index (χ1) is 6.99. The van der Waals surface area contributed by atoms with Gasteiger partial charge in [-0.15, -0.1) is 0 Å². The standard InChI is InChI=1S/C15H32/c1-7-11-13-15(6,10-4)14(5,9-3)12-8-2/h7-13H2,1-6H3. The molecule has 0 N–H and O–H groups in total. The Bertz CT molecular complexity index is 161. The van der Waals surface area contributed by atoms with Gasteiger partial charge < -0.3 is 0 Å². The van der Waals surface area contributed by atoms with Gasteiger partial charge in [0.15, 0.2) is 0 Å². The van der Waals surface area contributed by atoms with E-state index in [0.717, 1.165) is 0 Å². The second kappa shape index (κ2) is 6.55. The van der Waals surface area contributed by atoms with Gasteiger partial charge in [0.05, 0.1) is 0 Å². The van der Waals surface area contributed by atoms with Gasteiger partial charge in [-0.3, -0.25) is 0 Å². The van der Waals surface area contributed by atoms with Gasteiger partial charge in [-0.25, -0.2) is 0 Å².